The monoisotopic (exact) mass is 314 g/mol. The molecule has 1 heterocycles. The number of nitrogens with one attached hydrogen (secondary N) is 2. The van der Waals surface area contributed by atoms with Crippen LogP contribution in [-0.2, 0) is 14.8 Å². The predicted molar refractivity (Wildman–Crippen MR) is 80.5 cm³/mol. The number of thioether (sulfide) groups is 1. The molecule has 1 aromatic carbocycles. The normalized spacial score (nSPS) is 20.1. The molecule has 0 radical (unpaired) electrons. The number of hydrogen-bond donors (Lipinski definition) is 2. The van der Waals surface area contributed by atoms with Crippen LogP contribution in [0.25, 0.3) is 0 Å². The highest BCUT2D eigenvalue weighted by atomic mass is 32.2. The standard InChI is InChI=1S/C13H18N2O3S2/c1-4-8(2)15-20(17,18)10-5-6-12-11(7-10)14-13(16)9(3)19-12/h5-9,15H,4H2,1-3H3,(H,14,16). The van der Waals surface area contributed by atoms with Crippen LogP contribution in [0.5, 0.6) is 0 Å². The third-order valence-corrected chi connectivity index (χ3v) is 5.93. The van der Waals surface area contributed by atoms with Crippen molar-refractivity contribution in [1.82, 2.24) is 4.72 Å². The summed E-state index contributed by atoms with van der Waals surface area (Å²) in [6.07, 6.45) is 0.717. The summed E-state index contributed by atoms with van der Waals surface area (Å²) in [6.45, 7) is 5.55. The number of hydrogen-bond acceptors (Lipinski definition) is 4. The van der Waals surface area contributed by atoms with Gasteiger partial charge in [0.05, 0.1) is 15.8 Å². The molecule has 1 aliphatic rings. The average Bonchev–Trinajstić information content (AvgIpc) is 2.39. The molecule has 0 aromatic heterocycles. The van der Waals surface area contributed by atoms with Crippen LogP contribution in [0.15, 0.2) is 28.0 Å². The first kappa shape index (κ1) is 15.3. The molecule has 110 valence electrons. The number of amides is 1. The highest BCUT2D eigenvalue weighted by Crippen LogP contribution is 2.36. The van der Waals surface area contributed by atoms with E-state index in [-0.39, 0.29) is 22.1 Å². The predicted octanol–water partition coefficient (Wildman–Crippen LogP) is 2.20. The fourth-order valence-corrected chi connectivity index (χ4v) is 4.05. The van der Waals surface area contributed by atoms with Gasteiger partial charge >= 0.3 is 0 Å². The van der Waals surface area contributed by atoms with Gasteiger partial charge in [-0.25, -0.2) is 13.1 Å². The smallest absolute Gasteiger partial charge is 0.240 e. The minimum atomic E-state index is -3.55. The van der Waals surface area contributed by atoms with Crippen LogP contribution in [0.1, 0.15) is 27.2 Å². The minimum Gasteiger partial charge on any atom is -0.324 e. The van der Waals surface area contributed by atoms with Gasteiger partial charge in [-0.1, -0.05) is 6.92 Å². The van der Waals surface area contributed by atoms with Crippen molar-refractivity contribution in [3.05, 3.63) is 18.2 Å². The third kappa shape index (κ3) is 3.16. The molecule has 2 unspecified atom stereocenters. The Hall–Kier alpha value is -1.05. The first-order chi connectivity index (χ1) is 9.33. The Morgan fingerprint density at radius 3 is 2.80 bits per heavy atom. The van der Waals surface area contributed by atoms with Gasteiger partial charge in [-0.3, -0.25) is 4.79 Å². The summed E-state index contributed by atoms with van der Waals surface area (Å²) in [7, 11) is -3.55. The summed E-state index contributed by atoms with van der Waals surface area (Å²) in [5, 5.41) is 2.57. The van der Waals surface area contributed by atoms with E-state index in [1.165, 1.54) is 17.8 Å². The maximum atomic E-state index is 12.2. The fourth-order valence-electron chi connectivity index (χ4n) is 1.77. The van der Waals surface area contributed by atoms with Crippen LogP contribution >= 0.6 is 11.8 Å². The second kappa shape index (κ2) is 5.75. The molecule has 2 N–H and O–H groups in total. The maximum Gasteiger partial charge on any atom is 0.240 e. The van der Waals surface area contributed by atoms with Gasteiger partial charge in [0.15, 0.2) is 0 Å². The molecule has 0 bridgehead atoms. The molecular formula is C13H18N2O3S2. The number of anilines is 1. The first-order valence-corrected chi connectivity index (χ1v) is 8.83. The zero-order valence-corrected chi connectivity index (χ0v) is 13.3. The Morgan fingerprint density at radius 1 is 1.45 bits per heavy atom. The highest BCUT2D eigenvalue weighted by Gasteiger charge is 2.25. The van der Waals surface area contributed by atoms with Crippen LogP contribution in [-0.4, -0.2) is 25.6 Å². The lowest BCUT2D eigenvalue weighted by Gasteiger charge is -2.22. The summed E-state index contributed by atoms with van der Waals surface area (Å²) in [5.41, 5.74) is 0.560. The average molecular weight is 314 g/mol. The summed E-state index contributed by atoms with van der Waals surface area (Å²) in [5.74, 6) is -0.105. The van der Waals surface area contributed by atoms with E-state index in [1.54, 1.807) is 12.1 Å². The molecule has 2 rings (SSSR count). The van der Waals surface area contributed by atoms with Gasteiger partial charge in [0, 0.05) is 10.9 Å². The lowest BCUT2D eigenvalue weighted by atomic mass is 10.3. The fraction of sp³-hybridized carbons (Fsp3) is 0.462. The summed E-state index contributed by atoms with van der Waals surface area (Å²) in [6, 6.07) is 4.69. The largest absolute Gasteiger partial charge is 0.324 e. The van der Waals surface area contributed by atoms with E-state index in [9.17, 15) is 13.2 Å². The maximum absolute atomic E-state index is 12.2. The van der Waals surface area contributed by atoms with Crippen LogP contribution in [0.3, 0.4) is 0 Å². The van der Waals surface area contributed by atoms with Crippen LogP contribution in [0.4, 0.5) is 5.69 Å². The molecule has 0 saturated carbocycles. The van der Waals surface area contributed by atoms with Crippen molar-refractivity contribution in [2.24, 2.45) is 0 Å². The molecule has 7 heteroatoms. The highest BCUT2D eigenvalue weighted by molar-refractivity contribution is 8.01. The van der Waals surface area contributed by atoms with E-state index in [0.717, 1.165) is 4.90 Å². The van der Waals surface area contributed by atoms with E-state index in [4.69, 9.17) is 0 Å². The third-order valence-electron chi connectivity index (χ3n) is 3.16. The van der Waals surface area contributed by atoms with Gasteiger partial charge in [0.25, 0.3) is 0 Å². The Balaban J connectivity index is 2.32. The van der Waals surface area contributed by atoms with Crippen molar-refractivity contribution < 1.29 is 13.2 Å². The van der Waals surface area contributed by atoms with Gasteiger partial charge in [0.2, 0.25) is 15.9 Å². The topological polar surface area (TPSA) is 75.3 Å². The van der Waals surface area contributed by atoms with Gasteiger partial charge in [0.1, 0.15) is 0 Å². The molecule has 0 fully saturated rings. The summed E-state index contributed by atoms with van der Waals surface area (Å²) >= 11 is 1.43. The van der Waals surface area contributed by atoms with Gasteiger partial charge in [-0.15, -0.1) is 11.8 Å². The zero-order valence-electron chi connectivity index (χ0n) is 11.6. The van der Waals surface area contributed by atoms with Crippen molar-refractivity contribution in [1.29, 1.82) is 0 Å². The molecule has 0 saturated heterocycles. The number of rotatable bonds is 4. The van der Waals surface area contributed by atoms with Crippen molar-refractivity contribution >= 4 is 33.4 Å². The van der Waals surface area contributed by atoms with E-state index in [2.05, 4.69) is 10.0 Å². The number of benzene rings is 1. The first-order valence-electron chi connectivity index (χ1n) is 6.47. The van der Waals surface area contributed by atoms with Crippen molar-refractivity contribution in [2.45, 2.75) is 48.3 Å². The molecule has 0 aliphatic carbocycles. The Bertz CT molecular complexity index is 629. The van der Waals surface area contributed by atoms with Crippen molar-refractivity contribution in [3.63, 3.8) is 0 Å². The van der Waals surface area contributed by atoms with E-state index in [1.807, 2.05) is 20.8 Å². The van der Waals surface area contributed by atoms with Crippen LogP contribution < -0.4 is 10.0 Å². The zero-order chi connectivity index (χ0) is 14.9. The summed E-state index contributed by atoms with van der Waals surface area (Å²) in [4.78, 5) is 12.7. The van der Waals surface area contributed by atoms with Crippen molar-refractivity contribution in [2.75, 3.05) is 5.32 Å². The van der Waals surface area contributed by atoms with E-state index in [0.29, 0.717) is 12.1 Å². The van der Waals surface area contributed by atoms with Gasteiger partial charge in [-0.2, -0.15) is 0 Å². The molecule has 2 atom stereocenters. The van der Waals surface area contributed by atoms with Crippen LogP contribution in [0, 0.1) is 0 Å². The molecule has 20 heavy (non-hydrogen) atoms. The van der Waals surface area contributed by atoms with E-state index < -0.39 is 10.0 Å². The molecule has 1 aromatic rings. The van der Waals surface area contributed by atoms with E-state index >= 15 is 0 Å². The SMILES string of the molecule is CCC(C)NS(=O)(=O)c1ccc2c(c1)NC(=O)C(C)S2. The minimum absolute atomic E-state index is 0.105. The van der Waals surface area contributed by atoms with Gasteiger partial charge in [-0.05, 0) is 38.5 Å². The Labute approximate surface area is 123 Å². The number of sulfonamides is 1. The lowest BCUT2D eigenvalue weighted by molar-refractivity contribution is -0.115. The molecular weight excluding hydrogens is 296 g/mol. The summed E-state index contributed by atoms with van der Waals surface area (Å²) < 4.78 is 27.0. The lowest BCUT2D eigenvalue weighted by Crippen LogP contribution is -2.32. The number of carbonyl (C=O) groups excluding carboxylic acids is 1. The van der Waals surface area contributed by atoms with Gasteiger partial charge < -0.3 is 5.32 Å². The van der Waals surface area contributed by atoms with Crippen molar-refractivity contribution in [3.8, 4) is 0 Å². The Morgan fingerprint density at radius 2 is 2.15 bits per heavy atom. The Kier molecular flexibility index (Phi) is 4.41. The quantitative estimate of drug-likeness (QED) is 0.893. The number of fused-ring (bicyclic) bond motifs is 1. The number of carbonyl (C=O) groups is 1. The second-order valence-corrected chi connectivity index (χ2v) is 7.93. The molecule has 0 spiro atoms. The molecule has 1 aliphatic heterocycles. The second-order valence-electron chi connectivity index (χ2n) is 4.84. The molecule has 1 amide bonds. The molecule has 5 nitrogen and oxygen atoms in total. The van der Waals surface area contributed by atoms with Crippen LogP contribution in [0.2, 0.25) is 0 Å².